The standard InChI is InChI=1S/C13H27N3O2/c1-10(2)14-12(13(17)18)9-16(4)11-6-5-7-15(3)8-11/h10-12,14H,5-9H2,1-4H3,(H,17,18). The van der Waals surface area contributed by atoms with Crippen molar-refractivity contribution in [3.63, 3.8) is 0 Å². The van der Waals surface area contributed by atoms with E-state index in [0.717, 1.165) is 19.5 Å². The minimum atomic E-state index is -0.764. The first-order valence-electron chi connectivity index (χ1n) is 6.77. The summed E-state index contributed by atoms with van der Waals surface area (Å²) in [4.78, 5) is 15.7. The molecular formula is C13H27N3O2. The molecule has 1 aliphatic heterocycles. The first-order chi connectivity index (χ1) is 8.40. The number of carbonyl (C=O) groups is 1. The second-order valence-electron chi connectivity index (χ2n) is 5.71. The van der Waals surface area contributed by atoms with Gasteiger partial charge in [-0.3, -0.25) is 9.69 Å². The minimum Gasteiger partial charge on any atom is -0.480 e. The van der Waals surface area contributed by atoms with Crippen molar-refractivity contribution in [2.45, 2.75) is 44.8 Å². The van der Waals surface area contributed by atoms with Crippen molar-refractivity contribution in [2.75, 3.05) is 33.7 Å². The van der Waals surface area contributed by atoms with E-state index in [2.05, 4.69) is 22.2 Å². The first kappa shape index (κ1) is 15.4. The third-order valence-electron chi connectivity index (χ3n) is 3.53. The molecule has 0 aliphatic carbocycles. The molecule has 0 radical (unpaired) electrons. The summed E-state index contributed by atoms with van der Waals surface area (Å²) < 4.78 is 0. The maximum absolute atomic E-state index is 11.2. The van der Waals surface area contributed by atoms with Gasteiger partial charge in [-0.15, -0.1) is 0 Å². The van der Waals surface area contributed by atoms with Gasteiger partial charge in [-0.25, -0.2) is 0 Å². The molecule has 2 atom stereocenters. The SMILES string of the molecule is CC(C)NC(CN(C)C1CCCN(C)C1)C(=O)O. The van der Waals surface area contributed by atoms with Crippen LogP contribution in [0.3, 0.4) is 0 Å². The van der Waals surface area contributed by atoms with Gasteiger partial charge in [-0.1, -0.05) is 13.8 Å². The molecule has 0 bridgehead atoms. The molecule has 1 fully saturated rings. The Hall–Kier alpha value is -0.650. The number of hydrogen-bond donors (Lipinski definition) is 2. The summed E-state index contributed by atoms with van der Waals surface area (Å²) in [5, 5.41) is 12.3. The van der Waals surface area contributed by atoms with Gasteiger partial charge >= 0.3 is 5.97 Å². The number of carboxylic acid groups (broad SMARTS) is 1. The molecule has 0 aromatic carbocycles. The molecule has 0 saturated carbocycles. The van der Waals surface area contributed by atoms with Gasteiger partial charge in [0.05, 0.1) is 0 Å². The molecule has 106 valence electrons. The predicted octanol–water partition coefficient (Wildman–Crippen LogP) is 0.464. The molecule has 1 heterocycles. The molecule has 0 aromatic heterocycles. The zero-order valence-electron chi connectivity index (χ0n) is 12.0. The van der Waals surface area contributed by atoms with Crippen LogP contribution in [0.1, 0.15) is 26.7 Å². The number of likely N-dealkylation sites (tertiary alicyclic amines) is 1. The van der Waals surface area contributed by atoms with Gasteiger partial charge in [0.2, 0.25) is 0 Å². The molecule has 18 heavy (non-hydrogen) atoms. The lowest BCUT2D eigenvalue weighted by molar-refractivity contribution is -0.140. The zero-order chi connectivity index (χ0) is 13.7. The molecule has 0 spiro atoms. The van der Waals surface area contributed by atoms with Gasteiger partial charge in [0.15, 0.2) is 0 Å². The van der Waals surface area contributed by atoms with Crippen LogP contribution in [0.25, 0.3) is 0 Å². The molecule has 2 N–H and O–H groups in total. The van der Waals surface area contributed by atoms with Crippen LogP contribution in [0.5, 0.6) is 0 Å². The van der Waals surface area contributed by atoms with E-state index in [1.54, 1.807) is 0 Å². The molecule has 2 unspecified atom stereocenters. The average Bonchev–Trinajstić information content (AvgIpc) is 2.27. The molecule has 5 heteroatoms. The number of piperidine rings is 1. The number of carboxylic acids is 1. The van der Waals surface area contributed by atoms with E-state index in [-0.39, 0.29) is 6.04 Å². The Balaban J connectivity index is 2.49. The smallest absolute Gasteiger partial charge is 0.322 e. The summed E-state index contributed by atoms with van der Waals surface area (Å²) in [5.74, 6) is -0.764. The lowest BCUT2D eigenvalue weighted by atomic mass is 10.0. The van der Waals surface area contributed by atoms with Crippen LogP contribution >= 0.6 is 0 Å². The lowest BCUT2D eigenvalue weighted by Gasteiger charge is -2.37. The zero-order valence-corrected chi connectivity index (χ0v) is 12.0. The molecule has 5 nitrogen and oxygen atoms in total. The van der Waals surface area contributed by atoms with Gasteiger partial charge in [0.1, 0.15) is 6.04 Å². The Bertz CT molecular complexity index is 271. The number of rotatable bonds is 6. The van der Waals surface area contributed by atoms with Crippen molar-refractivity contribution in [2.24, 2.45) is 0 Å². The Morgan fingerprint density at radius 1 is 1.56 bits per heavy atom. The number of likely N-dealkylation sites (N-methyl/N-ethyl adjacent to an activating group) is 2. The summed E-state index contributed by atoms with van der Waals surface area (Å²) in [7, 11) is 4.16. The first-order valence-corrected chi connectivity index (χ1v) is 6.77. The Labute approximate surface area is 110 Å². The van der Waals surface area contributed by atoms with Gasteiger partial charge in [-0.05, 0) is 33.5 Å². The second kappa shape index (κ2) is 7.07. The van der Waals surface area contributed by atoms with Crippen LogP contribution in [-0.4, -0.2) is 72.7 Å². The minimum absolute atomic E-state index is 0.188. The van der Waals surface area contributed by atoms with E-state index >= 15 is 0 Å². The third-order valence-corrected chi connectivity index (χ3v) is 3.53. The van der Waals surface area contributed by atoms with Crippen LogP contribution < -0.4 is 5.32 Å². The largest absolute Gasteiger partial charge is 0.480 e. The quantitative estimate of drug-likeness (QED) is 0.724. The van der Waals surface area contributed by atoms with E-state index in [4.69, 9.17) is 0 Å². The maximum atomic E-state index is 11.2. The van der Waals surface area contributed by atoms with E-state index in [9.17, 15) is 9.90 Å². The topological polar surface area (TPSA) is 55.8 Å². The number of hydrogen-bond acceptors (Lipinski definition) is 4. The van der Waals surface area contributed by atoms with Crippen molar-refractivity contribution in [1.82, 2.24) is 15.1 Å². The van der Waals surface area contributed by atoms with Crippen LogP contribution in [0, 0.1) is 0 Å². The fourth-order valence-electron chi connectivity index (χ4n) is 2.54. The highest BCUT2D eigenvalue weighted by molar-refractivity contribution is 5.73. The van der Waals surface area contributed by atoms with Crippen molar-refractivity contribution < 1.29 is 9.90 Å². The van der Waals surface area contributed by atoms with E-state index < -0.39 is 12.0 Å². The molecular weight excluding hydrogens is 230 g/mol. The Morgan fingerprint density at radius 3 is 2.72 bits per heavy atom. The van der Waals surface area contributed by atoms with Gasteiger partial charge in [0.25, 0.3) is 0 Å². The summed E-state index contributed by atoms with van der Waals surface area (Å²) in [6, 6.07) is 0.176. The highest BCUT2D eigenvalue weighted by Crippen LogP contribution is 2.13. The van der Waals surface area contributed by atoms with Crippen molar-refractivity contribution >= 4 is 5.97 Å². The summed E-state index contributed by atoms with van der Waals surface area (Å²) in [6.07, 6.45) is 2.36. The number of nitrogens with zero attached hydrogens (tertiary/aromatic N) is 2. The summed E-state index contributed by atoms with van der Waals surface area (Å²) >= 11 is 0. The fourth-order valence-corrected chi connectivity index (χ4v) is 2.54. The van der Waals surface area contributed by atoms with Crippen molar-refractivity contribution in [1.29, 1.82) is 0 Å². The van der Waals surface area contributed by atoms with Gasteiger partial charge in [0, 0.05) is 25.2 Å². The highest BCUT2D eigenvalue weighted by Gasteiger charge is 2.26. The molecule has 1 rings (SSSR count). The summed E-state index contributed by atoms with van der Waals surface area (Å²) in [5.41, 5.74) is 0. The normalized spacial score (nSPS) is 23.6. The van der Waals surface area contributed by atoms with Gasteiger partial charge < -0.3 is 15.3 Å². The predicted molar refractivity (Wildman–Crippen MR) is 72.8 cm³/mol. The van der Waals surface area contributed by atoms with Crippen molar-refractivity contribution in [3.8, 4) is 0 Å². The van der Waals surface area contributed by atoms with E-state index in [1.807, 2.05) is 20.9 Å². The van der Waals surface area contributed by atoms with E-state index in [1.165, 1.54) is 6.42 Å². The molecule has 1 aliphatic rings. The van der Waals surface area contributed by atoms with Gasteiger partial charge in [-0.2, -0.15) is 0 Å². The second-order valence-corrected chi connectivity index (χ2v) is 5.71. The summed E-state index contributed by atoms with van der Waals surface area (Å²) in [6.45, 7) is 6.70. The monoisotopic (exact) mass is 257 g/mol. The van der Waals surface area contributed by atoms with Crippen molar-refractivity contribution in [3.05, 3.63) is 0 Å². The number of aliphatic carboxylic acids is 1. The highest BCUT2D eigenvalue weighted by atomic mass is 16.4. The van der Waals surface area contributed by atoms with E-state index in [0.29, 0.717) is 12.6 Å². The fraction of sp³-hybridized carbons (Fsp3) is 0.923. The van der Waals surface area contributed by atoms with Crippen LogP contribution in [-0.2, 0) is 4.79 Å². The van der Waals surface area contributed by atoms with Crippen LogP contribution in [0.4, 0.5) is 0 Å². The molecule has 0 amide bonds. The Kier molecular flexibility index (Phi) is 6.05. The lowest BCUT2D eigenvalue weighted by Crippen LogP contribution is -2.52. The van der Waals surface area contributed by atoms with Crippen LogP contribution in [0.15, 0.2) is 0 Å². The maximum Gasteiger partial charge on any atom is 0.322 e. The third kappa shape index (κ3) is 4.92. The average molecular weight is 257 g/mol. The molecule has 0 aromatic rings. The Morgan fingerprint density at radius 2 is 2.22 bits per heavy atom. The molecule has 1 saturated heterocycles. The number of nitrogens with one attached hydrogen (secondary N) is 1. The van der Waals surface area contributed by atoms with Crippen LogP contribution in [0.2, 0.25) is 0 Å².